The molecule has 156 valence electrons. The zero-order valence-corrected chi connectivity index (χ0v) is 18.0. The molecule has 2 fully saturated rings. The largest absolute Gasteiger partial charge is 0.342 e. The zero-order chi connectivity index (χ0) is 20.5. The second kappa shape index (κ2) is 8.22. The number of nitrogens with one attached hydrogen (secondary N) is 1. The van der Waals surface area contributed by atoms with Crippen LogP contribution in [0.1, 0.15) is 54.0 Å². The molecule has 4 rings (SSSR count). The molecular weight excluding hydrogens is 364 g/mol. The lowest BCUT2D eigenvalue weighted by molar-refractivity contribution is -0.131. The Hall–Kier alpha value is -2.28. The molecular formula is C22H32N6O. The van der Waals surface area contributed by atoms with E-state index in [-0.39, 0.29) is 5.91 Å². The lowest BCUT2D eigenvalue weighted by Crippen LogP contribution is -2.45. The summed E-state index contributed by atoms with van der Waals surface area (Å²) < 4.78 is 1.77. The number of aryl methyl sites for hydroxylation is 3. The summed E-state index contributed by atoms with van der Waals surface area (Å²) in [6, 6.07) is 2.51. The Morgan fingerprint density at radius 2 is 1.72 bits per heavy atom. The van der Waals surface area contributed by atoms with Gasteiger partial charge in [-0.05, 0) is 71.9 Å². The van der Waals surface area contributed by atoms with Gasteiger partial charge in [-0.1, -0.05) is 0 Å². The predicted octanol–water partition coefficient (Wildman–Crippen LogP) is 2.43. The lowest BCUT2D eigenvalue weighted by atomic mass is 10.0. The minimum absolute atomic E-state index is 0.192. The Balaban J connectivity index is 1.40. The monoisotopic (exact) mass is 396 g/mol. The normalized spacial score (nSPS) is 17.7. The minimum atomic E-state index is 0.192. The van der Waals surface area contributed by atoms with Gasteiger partial charge in [-0.15, -0.1) is 0 Å². The van der Waals surface area contributed by atoms with Gasteiger partial charge >= 0.3 is 0 Å². The molecule has 2 aliphatic rings. The van der Waals surface area contributed by atoms with Crippen LogP contribution >= 0.6 is 0 Å². The maximum atomic E-state index is 12.9. The highest BCUT2D eigenvalue weighted by molar-refractivity contribution is 5.79. The van der Waals surface area contributed by atoms with Gasteiger partial charge in [0.2, 0.25) is 5.91 Å². The first-order chi connectivity index (χ1) is 13.9. The summed E-state index contributed by atoms with van der Waals surface area (Å²) in [5.41, 5.74) is 4.64. The minimum Gasteiger partial charge on any atom is -0.342 e. The predicted molar refractivity (Wildman–Crippen MR) is 112 cm³/mol. The van der Waals surface area contributed by atoms with Crippen molar-refractivity contribution in [3.8, 4) is 5.95 Å². The average molecular weight is 397 g/mol. The Kier molecular flexibility index (Phi) is 5.67. The zero-order valence-electron chi connectivity index (χ0n) is 18.0. The van der Waals surface area contributed by atoms with Gasteiger partial charge in [0.15, 0.2) is 0 Å². The van der Waals surface area contributed by atoms with Crippen LogP contribution in [0.25, 0.3) is 5.95 Å². The first-order valence-electron chi connectivity index (χ1n) is 10.8. The smallest absolute Gasteiger partial charge is 0.251 e. The van der Waals surface area contributed by atoms with Gasteiger partial charge < -0.3 is 10.2 Å². The average Bonchev–Trinajstić information content (AvgIpc) is 3.47. The van der Waals surface area contributed by atoms with Gasteiger partial charge in [0.05, 0.1) is 12.1 Å². The molecule has 0 radical (unpaired) electrons. The van der Waals surface area contributed by atoms with Crippen molar-refractivity contribution in [2.75, 3.05) is 19.6 Å². The maximum absolute atomic E-state index is 12.9. The third-order valence-electron chi connectivity index (χ3n) is 6.17. The van der Waals surface area contributed by atoms with Crippen molar-refractivity contribution in [1.82, 2.24) is 30.0 Å². The van der Waals surface area contributed by atoms with E-state index in [9.17, 15) is 4.79 Å². The van der Waals surface area contributed by atoms with Gasteiger partial charge in [0.25, 0.3) is 5.95 Å². The molecule has 0 bridgehead atoms. The first-order valence-corrected chi connectivity index (χ1v) is 10.8. The summed E-state index contributed by atoms with van der Waals surface area (Å²) in [5.74, 6) is 1.67. The van der Waals surface area contributed by atoms with Crippen LogP contribution in [0.4, 0.5) is 0 Å². The summed E-state index contributed by atoms with van der Waals surface area (Å²) in [6.45, 7) is 10.7. The molecule has 2 aromatic rings. The summed E-state index contributed by atoms with van der Waals surface area (Å²) in [6.07, 6.45) is 5.24. The second-order valence-electron chi connectivity index (χ2n) is 8.70. The van der Waals surface area contributed by atoms with E-state index in [0.29, 0.717) is 18.4 Å². The fourth-order valence-corrected chi connectivity index (χ4v) is 4.18. The standard InChI is InChI=1S/C22H32N6O/c1-14-11-15(2)25-22(24-14)28-17(4)20(16(3)26-28)12-21(29)27-9-7-19(8-10-27)23-13-18-5-6-18/h11,18-19,23H,5-10,12-13H2,1-4H3. The van der Waals surface area contributed by atoms with Crippen LogP contribution in [0, 0.1) is 33.6 Å². The summed E-state index contributed by atoms with van der Waals surface area (Å²) >= 11 is 0. The molecule has 0 atom stereocenters. The highest BCUT2D eigenvalue weighted by atomic mass is 16.2. The molecule has 1 N–H and O–H groups in total. The summed E-state index contributed by atoms with van der Waals surface area (Å²) in [4.78, 5) is 24.0. The fourth-order valence-electron chi connectivity index (χ4n) is 4.18. The van der Waals surface area contributed by atoms with Gasteiger partial charge in [0.1, 0.15) is 0 Å². The molecule has 1 amide bonds. The van der Waals surface area contributed by atoms with E-state index in [1.54, 1.807) is 4.68 Å². The van der Waals surface area contributed by atoms with E-state index in [1.165, 1.54) is 12.8 Å². The van der Waals surface area contributed by atoms with E-state index in [4.69, 9.17) is 0 Å². The molecule has 1 aliphatic heterocycles. The van der Waals surface area contributed by atoms with E-state index in [0.717, 1.165) is 66.7 Å². The molecule has 1 saturated heterocycles. The van der Waals surface area contributed by atoms with E-state index in [1.807, 2.05) is 38.7 Å². The number of nitrogens with zero attached hydrogens (tertiary/aromatic N) is 5. The Morgan fingerprint density at radius 3 is 2.34 bits per heavy atom. The molecule has 1 aliphatic carbocycles. The number of hydrogen-bond donors (Lipinski definition) is 1. The van der Waals surface area contributed by atoms with Crippen LogP contribution < -0.4 is 5.32 Å². The van der Waals surface area contributed by atoms with Crippen LogP contribution in [0.15, 0.2) is 6.07 Å². The number of aromatic nitrogens is 4. The van der Waals surface area contributed by atoms with Gasteiger partial charge in [-0.2, -0.15) is 5.10 Å². The summed E-state index contributed by atoms with van der Waals surface area (Å²) in [7, 11) is 0. The van der Waals surface area contributed by atoms with Crippen molar-refractivity contribution in [3.63, 3.8) is 0 Å². The SMILES string of the molecule is Cc1cc(C)nc(-n2nc(C)c(CC(=O)N3CCC(NCC4CC4)CC3)c2C)n1. The molecule has 0 spiro atoms. The first kappa shape index (κ1) is 20.0. The highest BCUT2D eigenvalue weighted by Gasteiger charge is 2.27. The number of amides is 1. The maximum Gasteiger partial charge on any atom is 0.251 e. The third-order valence-corrected chi connectivity index (χ3v) is 6.17. The van der Waals surface area contributed by atoms with Crippen LogP contribution in [0.2, 0.25) is 0 Å². The lowest BCUT2D eigenvalue weighted by Gasteiger charge is -2.32. The number of hydrogen-bond acceptors (Lipinski definition) is 5. The number of likely N-dealkylation sites (tertiary alicyclic amines) is 1. The molecule has 7 nitrogen and oxygen atoms in total. The van der Waals surface area contributed by atoms with Crippen molar-refractivity contribution >= 4 is 5.91 Å². The number of carbonyl (C=O) groups excluding carboxylic acids is 1. The third kappa shape index (κ3) is 4.66. The quantitative estimate of drug-likeness (QED) is 0.812. The number of piperidine rings is 1. The van der Waals surface area contributed by atoms with Crippen LogP contribution in [-0.2, 0) is 11.2 Å². The Labute approximate surface area is 172 Å². The van der Waals surface area contributed by atoms with Crippen LogP contribution in [0.5, 0.6) is 0 Å². The van der Waals surface area contributed by atoms with Crippen LogP contribution in [-0.4, -0.2) is 56.2 Å². The number of carbonyl (C=O) groups is 1. The van der Waals surface area contributed by atoms with Gasteiger partial charge in [-0.25, -0.2) is 14.6 Å². The van der Waals surface area contributed by atoms with Crippen molar-refractivity contribution in [2.45, 2.75) is 65.8 Å². The topological polar surface area (TPSA) is 75.9 Å². The molecule has 0 aromatic carbocycles. The Morgan fingerprint density at radius 1 is 1.07 bits per heavy atom. The molecule has 2 aromatic heterocycles. The molecule has 29 heavy (non-hydrogen) atoms. The van der Waals surface area contributed by atoms with Crippen LogP contribution in [0.3, 0.4) is 0 Å². The van der Waals surface area contributed by atoms with Crippen molar-refractivity contribution < 1.29 is 4.79 Å². The molecule has 1 saturated carbocycles. The highest BCUT2D eigenvalue weighted by Crippen LogP contribution is 2.28. The van der Waals surface area contributed by atoms with E-state index in [2.05, 4.69) is 20.4 Å². The van der Waals surface area contributed by atoms with E-state index < -0.39 is 0 Å². The Bertz CT molecular complexity index is 873. The van der Waals surface area contributed by atoms with E-state index >= 15 is 0 Å². The van der Waals surface area contributed by atoms with Gasteiger partial charge in [-0.3, -0.25) is 4.79 Å². The van der Waals surface area contributed by atoms with Crippen molar-refractivity contribution in [1.29, 1.82) is 0 Å². The number of rotatable bonds is 6. The van der Waals surface area contributed by atoms with Crippen molar-refractivity contribution in [3.05, 3.63) is 34.4 Å². The van der Waals surface area contributed by atoms with Gasteiger partial charge in [0, 0.05) is 41.8 Å². The fraction of sp³-hybridized carbons (Fsp3) is 0.636. The second-order valence-corrected chi connectivity index (χ2v) is 8.70. The van der Waals surface area contributed by atoms with Crippen molar-refractivity contribution in [2.24, 2.45) is 5.92 Å². The molecule has 7 heteroatoms. The molecule has 3 heterocycles. The molecule has 0 unspecified atom stereocenters. The summed E-state index contributed by atoms with van der Waals surface area (Å²) in [5, 5.41) is 8.31.